The second kappa shape index (κ2) is 8.13. The zero-order valence-electron chi connectivity index (χ0n) is 16.2. The molecule has 0 saturated heterocycles. The Labute approximate surface area is 185 Å². The Balaban J connectivity index is 2.08. The molecule has 1 heterocycles. The maximum atomic E-state index is 13.8. The minimum absolute atomic E-state index is 0.0106. The van der Waals surface area contributed by atoms with Crippen LogP contribution in [0.5, 0.6) is 0 Å². The number of fused-ring (bicyclic) bond motifs is 1. The van der Waals surface area contributed by atoms with Crippen molar-refractivity contribution in [1.82, 2.24) is 10.3 Å². The molecule has 1 aromatic heterocycles. The highest BCUT2D eigenvalue weighted by atomic mass is 32.2. The first kappa shape index (κ1) is 24.7. The SMILES string of the molecule is CS(=O)(=O)c1ccc2nc(NC(NC(=O)c3ccc(F)cc3)(C(F)(F)F)C(F)(F)F)sc2c1. The maximum absolute atomic E-state index is 13.8. The van der Waals surface area contributed by atoms with Crippen LogP contribution < -0.4 is 10.6 Å². The van der Waals surface area contributed by atoms with E-state index < -0.39 is 50.3 Å². The molecule has 0 spiro atoms. The maximum Gasteiger partial charge on any atom is 0.439 e. The summed E-state index contributed by atoms with van der Waals surface area (Å²) in [6.07, 6.45) is -11.3. The molecule has 0 unspecified atom stereocenters. The van der Waals surface area contributed by atoms with E-state index in [1.807, 2.05) is 0 Å². The summed E-state index contributed by atoms with van der Waals surface area (Å²) < 4.78 is 119. The van der Waals surface area contributed by atoms with Gasteiger partial charge in [-0.2, -0.15) is 26.3 Å². The van der Waals surface area contributed by atoms with E-state index in [0.717, 1.165) is 29.8 Å². The first-order chi connectivity index (χ1) is 15.0. The Kier molecular flexibility index (Phi) is 6.08. The number of benzene rings is 2. The number of carbonyl (C=O) groups is 1. The molecule has 6 nitrogen and oxygen atoms in total. The van der Waals surface area contributed by atoms with Gasteiger partial charge in [-0.05, 0) is 42.5 Å². The smallest absolute Gasteiger partial charge is 0.324 e. The van der Waals surface area contributed by atoms with E-state index in [-0.39, 0.29) is 15.1 Å². The third kappa shape index (κ3) is 4.88. The monoisotopic (exact) mass is 515 g/mol. The van der Waals surface area contributed by atoms with Crippen molar-refractivity contribution in [3.8, 4) is 0 Å². The number of rotatable bonds is 5. The van der Waals surface area contributed by atoms with Crippen molar-refractivity contribution in [3.63, 3.8) is 0 Å². The van der Waals surface area contributed by atoms with Gasteiger partial charge in [-0.25, -0.2) is 17.8 Å². The highest BCUT2D eigenvalue weighted by molar-refractivity contribution is 7.90. The van der Waals surface area contributed by atoms with Gasteiger partial charge in [-0.3, -0.25) is 4.79 Å². The van der Waals surface area contributed by atoms with Gasteiger partial charge in [0.2, 0.25) is 0 Å². The minimum atomic E-state index is -6.10. The van der Waals surface area contributed by atoms with Crippen LogP contribution >= 0.6 is 11.3 Å². The van der Waals surface area contributed by atoms with Gasteiger partial charge in [-0.1, -0.05) is 11.3 Å². The van der Waals surface area contributed by atoms with E-state index in [2.05, 4.69) is 4.98 Å². The van der Waals surface area contributed by atoms with Gasteiger partial charge in [0, 0.05) is 11.8 Å². The highest BCUT2D eigenvalue weighted by Gasteiger charge is 2.73. The van der Waals surface area contributed by atoms with E-state index in [9.17, 15) is 43.9 Å². The Morgan fingerprint density at radius 2 is 1.55 bits per heavy atom. The zero-order valence-corrected chi connectivity index (χ0v) is 17.8. The highest BCUT2D eigenvalue weighted by Crippen LogP contribution is 2.44. The van der Waals surface area contributed by atoms with Crippen LogP contribution in [0.4, 0.5) is 35.9 Å². The molecule has 0 fully saturated rings. The lowest BCUT2D eigenvalue weighted by Crippen LogP contribution is -2.72. The molecule has 2 aromatic carbocycles. The molecular weight excluding hydrogens is 503 g/mol. The number of hydrogen-bond donors (Lipinski definition) is 2. The van der Waals surface area contributed by atoms with Crippen molar-refractivity contribution in [1.29, 1.82) is 0 Å². The van der Waals surface area contributed by atoms with E-state index in [1.54, 1.807) is 0 Å². The number of amides is 1. The van der Waals surface area contributed by atoms with Crippen LogP contribution in [0.15, 0.2) is 47.4 Å². The predicted molar refractivity (Wildman–Crippen MR) is 105 cm³/mol. The van der Waals surface area contributed by atoms with Gasteiger partial charge in [0.1, 0.15) is 5.82 Å². The van der Waals surface area contributed by atoms with E-state index in [4.69, 9.17) is 0 Å². The molecule has 0 aliphatic rings. The molecule has 3 rings (SSSR count). The van der Waals surface area contributed by atoms with Crippen LogP contribution in [0, 0.1) is 5.82 Å². The number of halogens is 7. The van der Waals surface area contributed by atoms with Gasteiger partial charge < -0.3 is 10.6 Å². The first-order valence-electron chi connectivity index (χ1n) is 8.64. The quantitative estimate of drug-likeness (QED) is 0.386. The molecule has 0 radical (unpaired) electrons. The van der Waals surface area contributed by atoms with Crippen LogP contribution in [-0.4, -0.2) is 43.6 Å². The number of carbonyl (C=O) groups excluding carboxylic acids is 1. The fourth-order valence-electron chi connectivity index (χ4n) is 2.67. The molecule has 178 valence electrons. The molecule has 0 aliphatic carbocycles. The van der Waals surface area contributed by atoms with Gasteiger partial charge in [-0.15, -0.1) is 0 Å². The zero-order chi connectivity index (χ0) is 24.8. The number of thiazole rings is 1. The Morgan fingerprint density at radius 1 is 0.970 bits per heavy atom. The van der Waals surface area contributed by atoms with E-state index >= 15 is 0 Å². The van der Waals surface area contributed by atoms with Gasteiger partial charge in [0.05, 0.1) is 15.1 Å². The van der Waals surface area contributed by atoms with Crippen molar-refractivity contribution in [2.75, 3.05) is 11.6 Å². The summed E-state index contributed by atoms with van der Waals surface area (Å²) in [6.45, 7) is 0. The first-order valence-corrected chi connectivity index (χ1v) is 11.3. The van der Waals surface area contributed by atoms with E-state index in [1.165, 1.54) is 5.32 Å². The number of sulfone groups is 1. The van der Waals surface area contributed by atoms with Gasteiger partial charge in [0.25, 0.3) is 5.91 Å². The second-order valence-electron chi connectivity index (χ2n) is 6.75. The van der Waals surface area contributed by atoms with Crippen molar-refractivity contribution >= 4 is 42.4 Å². The topological polar surface area (TPSA) is 88.2 Å². The van der Waals surface area contributed by atoms with Crippen LogP contribution in [0.2, 0.25) is 0 Å². The lowest BCUT2D eigenvalue weighted by Gasteiger charge is -2.38. The molecule has 0 bridgehead atoms. The average molecular weight is 515 g/mol. The van der Waals surface area contributed by atoms with Crippen molar-refractivity contribution in [3.05, 3.63) is 53.8 Å². The third-order valence-electron chi connectivity index (χ3n) is 4.34. The van der Waals surface area contributed by atoms with Crippen molar-refractivity contribution in [2.24, 2.45) is 0 Å². The van der Waals surface area contributed by atoms with Crippen molar-refractivity contribution < 1.29 is 43.9 Å². The lowest BCUT2D eigenvalue weighted by molar-refractivity contribution is -0.294. The molecule has 33 heavy (non-hydrogen) atoms. The van der Waals surface area contributed by atoms with Gasteiger partial charge in [0.15, 0.2) is 15.0 Å². The molecule has 3 aromatic rings. The summed E-state index contributed by atoms with van der Waals surface area (Å²) in [5.41, 5.74) is -5.69. The summed E-state index contributed by atoms with van der Waals surface area (Å²) in [7, 11) is -3.70. The van der Waals surface area contributed by atoms with Crippen LogP contribution in [0.1, 0.15) is 10.4 Å². The molecule has 0 atom stereocenters. The van der Waals surface area contributed by atoms with Crippen LogP contribution in [0.3, 0.4) is 0 Å². The molecule has 0 saturated carbocycles. The molecule has 1 amide bonds. The van der Waals surface area contributed by atoms with Crippen LogP contribution in [0.25, 0.3) is 10.2 Å². The number of aromatic nitrogens is 1. The fraction of sp³-hybridized carbons (Fsp3) is 0.222. The minimum Gasteiger partial charge on any atom is -0.324 e. The number of nitrogens with zero attached hydrogens (tertiary/aromatic N) is 1. The molecule has 2 N–H and O–H groups in total. The predicted octanol–water partition coefficient (Wildman–Crippen LogP) is 4.50. The second-order valence-corrected chi connectivity index (χ2v) is 9.80. The summed E-state index contributed by atoms with van der Waals surface area (Å²) in [4.78, 5) is 15.7. The Bertz CT molecular complexity index is 1290. The van der Waals surface area contributed by atoms with E-state index in [0.29, 0.717) is 35.6 Å². The lowest BCUT2D eigenvalue weighted by atomic mass is 10.1. The Morgan fingerprint density at radius 3 is 2.06 bits per heavy atom. The largest absolute Gasteiger partial charge is 0.439 e. The number of nitrogens with one attached hydrogen (secondary N) is 2. The average Bonchev–Trinajstić information content (AvgIpc) is 3.06. The fourth-order valence-corrected chi connectivity index (χ4v) is 4.35. The van der Waals surface area contributed by atoms with Crippen molar-refractivity contribution in [2.45, 2.75) is 22.9 Å². The molecule has 0 aliphatic heterocycles. The Hall–Kier alpha value is -2.94. The summed E-state index contributed by atoms with van der Waals surface area (Å²) in [5.74, 6) is -2.64. The van der Waals surface area contributed by atoms with Gasteiger partial charge >= 0.3 is 18.0 Å². The summed E-state index contributed by atoms with van der Waals surface area (Å²) in [6, 6.07) is 6.08. The molecular formula is C18H12F7N3O3S2. The number of alkyl halides is 6. The molecule has 15 heteroatoms. The summed E-state index contributed by atoms with van der Waals surface area (Å²) in [5, 5.41) is 1.27. The van der Waals surface area contributed by atoms with Crippen LogP contribution in [-0.2, 0) is 9.84 Å². The normalized spacial score (nSPS) is 13.2. The summed E-state index contributed by atoms with van der Waals surface area (Å²) >= 11 is 0.324. The number of hydrogen-bond acceptors (Lipinski definition) is 6. The standard InChI is InChI=1S/C18H12F7N3O3S2/c1-33(30,31)11-6-7-12-13(8-11)32-15(26-12)28-16(17(20,21)22,18(23,24)25)27-14(29)9-2-4-10(19)5-3-9/h2-8H,1H3,(H,26,28)(H,27,29). The number of anilines is 1. The third-order valence-corrected chi connectivity index (χ3v) is 6.38.